The number of para-hydroxylation sites is 1. The van der Waals surface area contributed by atoms with Crippen molar-refractivity contribution in [1.82, 2.24) is 9.38 Å². The summed E-state index contributed by atoms with van der Waals surface area (Å²) in [4.78, 5) is 30.1. The molecule has 0 bridgehead atoms. The van der Waals surface area contributed by atoms with Gasteiger partial charge in [-0.25, -0.2) is 4.98 Å². The number of hydrogen-bond donors (Lipinski definition) is 2. The van der Waals surface area contributed by atoms with Gasteiger partial charge in [-0.15, -0.1) is 0 Å². The van der Waals surface area contributed by atoms with E-state index in [1.807, 2.05) is 31.2 Å². The number of pyridine rings is 1. The lowest BCUT2D eigenvalue weighted by atomic mass is 10.2. The van der Waals surface area contributed by atoms with E-state index < -0.39 is 11.8 Å². The summed E-state index contributed by atoms with van der Waals surface area (Å²) in [6, 6.07) is 21.3. The maximum absolute atomic E-state index is 12.9. The first-order valence-electron chi connectivity index (χ1n) is 9.22. The zero-order valence-corrected chi connectivity index (χ0v) is 16.1. The van der Waals surface area contributed by atoms with Gasteiger partial charge in [-0.3, -0.25) is 14.0 Å². The molecule has 0 aliphatic heterocycles. The molecule has 2 aromatic heterocycles. The van der Waals surface area contributed by atoms with E-state index in [1.54, 1.807) is 59.1 Å². The van der Waals surface area contributed by atoms with Gasteiger partial charge in [0.15, 0.2) is 5.69 Å². The van der Waals surface area contributed by atoms with Crippen molar-refractivity contribution in [2.75, 3.05) is 10.6 Å². The number of amides is 2. The summed E-state index contributed by atoms with van der Waals surface area (Å²) < 4.78 is 1.57. The van der Waals surface area contributed by atoms with Crippen molar-refractivity contribution in [3.63, 3.8) is 0 Å². The van der Waals surface area contributed by atoms with Gasteiger partial charge in [-0.1, -0.05) is 30.3 Å². The highest BCUT2D eigenvalue weighted by Gasteiger charge is 2.22. The average Bonchev–Trinajstić information content (AvgIpc) is 3.15. The summed E-state index contributed by atoms with van der Waals surface area (Å²) in [6.45, 7) is 1.90. The van der Waals surface area contributed by atoms with Gasteiger partial charge < -0.3 is 10.6 Å². The molecule has 7 nitrogen and oxygen atoms in total. The molecular weight excluding hydrogens is 378 g/mol. The molecule has 4 aromatic rings. The van der Waals surface area contributed by atoms with Crippen LogP contribution in [0.5, 0.6) is 0 Å². The van der Waals surface area contributed by atoms with Gasteiger partial charge in [-0.2, -0.15) is 5.26 Å². The van der Waals surface area contributed by atoms with E-state index in [1.165, 1.54) is 0 Å². The third-order valence-electron chi connectivity index (χ3n) is 4.61. The molecule has 30 heavy (non-hydrogen) atoms. The number of rotatable bonds is 4. The van der Waals surface area contributed by atoms with Crippen LogP contribution in [0.4, 0.5) is 11.4 Å². The van der Waals surface area contributed by atoms with E-state index in [2.05, 4.69) is 15.6 Å². The number of fused-ring (bicyclic) bond motifs is 1. The topological polar surface area (TPSA) is 99.3 Å². The minimum Gasteiger partial charge on any atom is -0.320 e. The molecular formula is C23H17N5O2. The Morgan fingerprint density at radius 2 is 1.77 bits per heavy atom. The van der Waals surface area contributed by atoms with Crippen molar-refractivity contribution in [3.05, 3.63) is 95.6 Å². The van der Waals surface area contributed by atoms with Gasteiger partial charge in [0, 0.05) is 17.6 Å². The molecule has 2 heterocycles. The number of aryl methyl sites for hydroxylation is 1. The molecule has 0 fully saturated rings. The third-order valence-corrected chi connectivity index (χ3v) is 4.61. The van der Waals surface area contributed by atoms with Crippen LogP contribution in [0.25, 0.3) is 5.52 Å². The van der Waals surface area contributed by atoms with E-state index in [0.717, 1.165) is 5.56 Å². The Bertz CT molecular complexity index is 1320. The number of imidazole rings is 1. The first-order valence-corrected chi connectivity index (χ1v) is 9.22. The number of carbonyl (C=O) groups is 2. The van der Waals surface area contributed by atoms with Gasteiger partial charge in [0.2, 0.25) is 5.82 Å². The normalized spacial score (nSPS) is 10.4. The lowest BCUT2D eigenvalue weighted by Crippen LogP contribution is -2.16. The van der Waals surface area contributed by atoms with Crippen molar-refractivity contribution < 1.29 is 9.59 Å². The number of carbonyl (C=O) groups excluding carboxylic acids is 2. The minimum absolute atomic E-state index is 0.0721. The number of benzene rings is 2. The number of nitrogens with one attached hydrogen (secondary N) is 2. The van der Waals surface area contributed by atoms with Crippen LogP contribution in [0.3, 0.4) is 0 Å². The van der Waals surface area contributed by atoms with E-state index in [4.69, 9.17) is 5.26 Å². The van der Waals surface area contributed by atoms with Gasteiger partial charge >= 0.3 is 0 Å². The number of anilines is 2. The minimum atomic E-state index is -0.485. The number of nitrogens with zero attached hydrogens (tertiary/aromatic N) is 3. The Kier molecular flexibility index (Phi) is 4.97. The number of aromatic nitrogens is 2. The first-order chi connectivity index (χ1) is 14.6. The SMILES string of the molecule is Cc1ccccc1NC(=O)c1nc(C(=O)Nc2cccc(C#N)c2)n2ccccc12. The molecule has 2 aromatic carbocycles. The van der Waals surface area contributed by atoms with Crippen LogP contribution in [-0.2, 0) is 0 Å². The van der Waals surface area contributed by atoms with Gasteiger partial charge in [0.1, 0.15) is 0 Å². The highest BCUT2D eigenvalue weighted by Crippen LogP contribution is 2.19. The van der Waals surface area contributed by atoms with Crippen LogP contribution in [-0.4, -0.2) is 21.2 Å². The Morgan fingerprint density at radius 3 is 2.57 bits per heavy atom. The smallest absolute Gasteiger partial charge is 0.292 e. The summed E-state index contributed by atoms with van der Waals surface area (Å²) in [7, 11) is 0. The van der Waals surface area contributed by atoms with E-state index in [-0.39, 0.29) is 11.5 Å². The molecule has 146 valence electrons. The standard InChI is InChI=1S/C23H17N5O2/c1-15-7-2-3-10-18(15)26-22(29)20-19-11-4-5-12-28(19)21(27-20)23(30)25-17-9-6-8-16(13-17)14-24/h2-13H,1H3,(H,25,30)(H,26,29). The maximum Gasteiger partial charge on any atom is 0.292 e. The second-order valence-corrected chi connectivity index (χ2v) is 6.66. The summed E-state index contributed by atoms with van der Waals surface area (Å²) in [5, 5.41) is 14.6. The van der Waals surface area contributed by atoms with E-state index >= 15 is 0 Å². The molecule has 0 aliphatic carbocycles. The molecule has 0 radical (unpaired) electrons. The van der Waals surface area contributed by atoms with E-state index in [9.17, 15) is 9.59 Å². The van der Waals surface area contributed by atoms with Crippen molar-refractivity contribution >= 4 is 28.7 Å². The molecule has 2 amide bonds. The fourth-order valence-electron chi connectivity index (χ4n) is 3.11. The fraction of sp³-hybridized carbons (Fsp3) is 0.0435. The molecule has 0 saturated carbocycles. The quantitative estimate of drug-likeness (QED) is 0.545. The number of nitriles is 1. The zero-order valence-electron chi connectivity index (χ0n) is 16.1. The molecule has 0 spiro atoms. The summed E-state index contributed by atoms with van der Waals surface area (Å²) in [6.07, 6.45) is 1.67. The largest absolute Gasteiger partial charge is 0.320 e. The molecule has 7 heteroatoms. The van der Waals surface area contributed by atoms with Gasteiger partial charge in [0.25, 0.3) is 11.8 Å². The summed E-state index contributed by atoms with van der Waals surface area (Å²) >= 11 is 0. The number of hydrogen-bond acceptors (Lipinski definition) is 4. The van der Waals surface area contributed by atoms with Crippen LogP contribution >= 0.6 is 0 Å². The second kappa shape index (κ2) is 7.89. The zero-order chi connectivity index (χ0) is 21.1. The Morgan fingerprint density at radius 1 is 0.967 bits per heavy atom. The lowest BCUT2D eigenvalue weighted by molar-refractivity contribution is 0.101. The molecule has 4 rings (SSSR count). The van der Waals surface area contributed by atoms with Crippen LogP contribution in [0, 0.1) is 18.3 Å². The Labute approximate surface area is 172 Å². The molecule has 0 saturated heterocycles. The second-order valence-electron chi connectivity index (χ2n) is 6.66. The monoisotopic (exact) mass is 395 g/mol. The predicted octanol–water partition coefficient (Wildman–Crippen LogP) is 4.02. The molecule has 2 N–H and O–H groups in total. The highest BCUT2D eigenvalue weighted by molar-refractivity contribution is 6.10. The van der Waals surface area contributed by atoms with Gasteiger partial charge in [0.05, 0.1) is 17.1 Å². The van der Waals surface area contributed by atoms with Crippen LogP contribution < -0.4 is 10.6 Å². The van der Waals surface area contributed by atoms with Gasteiger partial charge in [-0.05, 0) is 48.9 Å². The van der Waals surface area contributed by atoms with Crippen molar-refractivity contribution in [1.29, 1.82) is 5.26 Å². The summed E-state index contributed by atoms with van der Waals surface area (Å²) in [5.41, 5.74) is 3.16. The first kappa shape index (κ1) is 18.9. The Balaban J connectivity index is 1.68. The van der Waals surface area contributed by atoms with Crippen molar-refractivity contribution in [2.24, 2.45) is 0 Å². The predicted molar refractivity (Wildman–Crippen MR) is 113 cm³/mol. The molecule has 0 aliphatic rings. The van der Waals surface area contributed by atoms with Crippen LogP contribution in [0.2, 0.25) is 0 Å². The fourth-order valence-corrected chi connectivity index (χ4v) is 3.11. The van der Waals surface area contributed by atoms with Crippen LogP contribution in [0.15, 0.2) is 72.9 Å². The Hall–Kier alpha value is -4.44. The lowest BCUT2D eigenvalue weighted by Gasteiger charge is -2.06. The van der Waals surface area contributed by atoms with Crippen molar-refractivity contribution in [3.8, 4) is 6.07 Å². The van der Waals surface area contributed by atoms with Crippen LogP contribution in [0.1, 0.15) is 32.2 Å². The molecule has 0 atom stereocenters. The maximum atomic E-state index is 12.9. The van der Waals surface area contributed by atoms with E-state index in [0.29, 0.717) is 22.5 Å². The molecule has 0 unspecified atom stereocenters. The third kappa shape index (κ3) is 3.62. The van der Waals surface area contributed by atoms with Crippen molar-refractivity contribution in [2.45, 2.75) is 6.92 Å². The summed E-state index contributed by atoms with van der Waals surface area (Å²) in [5.74, 6) is -0.817. The highest BCUT2D eigenvalue weighted by atomic mass is 16.2. The average molecular weight is 395 g/mol.